The molecule has 0 spiro atoms. The lowest BCUT2D eigenvalue weighted by Gasteiger charge is -2.12. The smallest absolute Gasteiger partial charge is 0.293 e. The molecular weight excluding hydrogens is 300 g/mol. The van der Waals surface area contributed by atoms with E-state index in [0.717, 1.165) is 6.07 Å². The molecule has 1 saturated heterocycles. The summed E-state index contributed by atoms with van der Waals surface area (Å²) in [7, 11) is -2.42. The second kappa shape index (κ2) is 5.66. The van der Waals surface area contributed by atoms with Crippen LogP contribution in [0.1, 0.15) is 6.42 Å². The number of nitro groups is 1. The first kappa shape index (κ1) is 15.2. The van der Waals surface area contributed by atoms with Crippen molar-refractivity contribution < 1.29 is 18.1 Å². The van der Waals surface area contributed by atoms with Crippen LogP contribution in [0.25, 0.3) is 0 Å². The van der Waals surface area contributed by atoms with Gasteiger partial charge in [-0.15, -0.1) is 0 Å². The molecule has 1 fully saturated rings. The molecule has 1 aromatic carbocycles. The largest absolute Gasteiger partial charge is 0.383 e. The van der Waals surface area contributed by atoms with Crippen LogP contribution >= 0.6 is 0 Å². The Hall–Kier alpha value is -2.20. The van der Waals surface area contributed by atoms with E-state index in [4.69, 9.17) is 0 Å². The molecule has 10 heteroatoms. The van der Waals surface area contributed by atoms with Gasteiger partial charge in [0.15, 0.2) is 0 Å². The molecule has 2 rings (SSSR count). The van der Waals surface area contributed by atoms with E-state index >= 15 is 0 Å². The molecule has 0 bridgehead atoms. The van der Waals surface area contributed by atoms with Gasteiger partial charge in [-0.1, -0.05) is 0 Å². The van der Waals surface area contributed by atoms with Crippen LogP contribution in [-0.4, -0.2) is 38.9 Å². The molecule has 114 valence electrons. The van der Waals surface area contributed by atoms with Crippen LogP contribution in [0.4, 0.5) is 11.4 Å². The van der Waals surface area contributed by atoms with Crippen molar-refractivity contribution in [3.8, 4) is 0 Å². The number of carbonyl (C=O) groups excluding carboxylic acids is 1. The zero-order chi connectivity index (χ0) is 15.6. The zero-order valence-corrected chi connectivity index (χ0v) is 11.9. The number of benzene rings is 1. The van der Waals surface area contributed by atoms with E-state index in [1.165, 1.54) is 19.2 Å². The minimum absolute atomic E-state index is 0.0515. The Morgan fingerprint density at radius 2 is 2.14 bits per heavy atom. The fourth-order valence-electron chi connectivity index (χ4n) is 2.02. The number of carbonyl (C=O) groups is 1. The summed E-state index contributed by atoms with van der Waals surface area (Å²) in [6.45, 7) is 0.203. The lowest BCUT2D eigenvalue weighted by atomic mass is 10.3. The molecule has 0 radical (unpaired) electrons. The van der Waals surface area contributed by atoms with Gasteiger partial charge in [-0.3, -0.25) is 14.9 Å². The average Bonchev–Trinajstić information content (AvgIpc) is 2.82. The van der Waals surface area contributed by atoms with Gasteiger partial charge >= 0.3 is 0 Å². The van der Waals surface area contributed by atoms with Crippen LogP contribution in [0.15, 0.2) is 23.1 Å². The third-order valence-electron chi connectivity index (χ3n) is 3.04. The molecule has 0 aromatic heterocycles. The van der Waals surface area contributed by atoms with Crippen molar-refractivity contribution >= 4 is 27.3 Å². The molecule has 1 aliphatic heterocycles. The van der Waals surface area contributed by atoms with Gasteiger partial charge in [0.1, 0.15) is 5.69 Å². The maximum atomic E-state index is 12.2. The highest BCUT2D eigenvalue weighted by atomic mass is 32.2. The summed E-state index contributed by atoms with van der Waals surface area (Å²) in [5, 5.41) is 16.1. The van der Waals surface area contributed by atoms with Gasteiger partial charge in [-0.2, -0.15) is 0 Å². The van der Waals surface area contributed by atoms with E-state index < -0.39 is 21.0 Å². The quantitative estimate of drug-likeness (QED) is 0.510. The third-order valence-corrected chi connectivity index (χ3v) is 4.56. The molecule has 1 unspecified atom stereocenters. The van der Waals surface area contributed by atoms with Gasteiger partial charge in [0.2, 0.25) is 15.9 Å². The minimum atomic E-state index is -3.92. The highest BCUT2D eigenvalue weighted by molar-refractivity contribution is 7.89. The zero-order valence-electron chi connectivity index (χ0n) is 11.1. The van der Waals surface area contributed by atoms with Gasteiger partial charge in [0.25, 0.3) is 5.69 Å². The van der Waals surface area contributed by atoms with Crippen molar-refractivity contribution in [2.24, 2.45) is 0 Å². The van der Waals surface area contributed by atoms with Gasteiger partial charge in [0.05, 0.1) is 9.82 Å². The monoisotopic (exact) mass is 314 g/mol. The summed E-state index contributed by atoms with van der Waals surface area (Å²) in [5.74, 6) is -0.237. The van der Waals surface area contributed by atoms with Gasteiger partial charge < -0.3 is 10.6 Å². The van der Waals surface area contributed by atoms with E-state index in [1.807, 2.05) is 0 Å². The molecular formula is C11H14N4O5S. The molecule has 9 nitrogen and oxygen atoms in total. The Kier molecular flexibility index (Phi) is 4.09. The lowest BCUT2D eigenvalue weighted by molar-refractivity contribution is -0.384. The van der Waals surface area contributed by atoms with E-state index in [-0.39, 0.29) is 35.1 Å². The van der Waals surface area contributed by atoms with Crippen LogP contribution < -0.4 is 15.4 Å². The number of sulfonamides is 1. The van der Waals surface area contributed by atoms with Crippen molar-refractivity contribution in [1.82, 2.24) is 10.0 Å². The topological polar surface area (TPSA) is 130 Å². The Morgan fingerprint density at radius 3 is 2.67 bits per heavy atom. The standard InChI is InChI=1S/C11H14N4O5S/c1-12-9-3-2-8(5-10(9)15(17)18)21(19,20)14-7-4-11(16)13-6-7/h2-3,5,7,12,14H,4,6H2,1H3,(H,13,16). The van der Waals surface area contributed by atoms with Gasteiger partial charge in [0, 0.05) is 32.1 Å². The number of hydrogen-bond donors (Lipinski definition) is 3. The summed E-state index contributed by atoms with van der Waals surface area (Å²) < 4.78 is 26.7. The highest BCUT2D eigenvalue weighted by Crippen LogP contribution is 2.27. The summed E-state index contributed by atoms with van der Waals surface area (Å²) in [6.07, 6.45) is 0.0515. The number of nitrogens with one attached hydrogen (secondary N) is 3. The third kappa shape index (κ3) is 3.28. The first-order chi connectivity index (χ1) is 9.83. The summed E-state index contributed by atoms with van der Waals surface area (Å²) in [6, 6.07) is 3.03. The van der Waals surface area contributed by atoms with Crippen molar-refractivity contribution in [3.05, 3.63) is 28.3 Å². The molecule has 3 N–H and O–H groups in total. The molecule has 21 heavy (non-hydrogen) atoms. The maximum absolute atomic E-state index is 12.2. The SMILES string of the molecule is CNc1ccc(S(=O)(=O)NC2CNC(=O)C2)cc1[N+](=O)[O-]. The number of hydrogen-bond acceptors (Lipinski definition) is 6. The summed E-state index contributed by atoms with van der Waals surface area (Å²) >= 11 is 0. The molecule has 1 aromatic rings. The predicted molar refractivity (Wildman–Crippen MR) is 74.4 cm³/mol. The van der Waals surface area contributed by atoms with Crippen LogP contribution in [0.5, 0.6) is 0 Å². The Labute approximate surface area is 120 Å². The maximum Gasteiger partial charge on any atom is 0.293 e. The molecule has 1 atom stereocenters. The molecule has 0 aliphatic carbocycles. The van der Waals surface area contributed by atoms with Crippen LogP contribution in [-0.2, 0) is 14.8 Å². The molecule has 0 saturated carbocycles. The number of nitrogens with zero attached hydrogens (tertiary/aromatic N) is 1. The molecule has 1 heterocycles. The summed E-state index contributed by atoms with van der Waals surface area (Å²) in [4.78, 5) is 21.1. The fraction of sp³-hybridized carbons (Fsp3) is 0.364. The first-order valence-corrected chi connectivity index (χ1v) is 7.57. The van der Waals surface area contributed by atoms with Crippen molar-refractivity contribution in [2.45, 2.75) is 17.4 Å². The predicted octanol–water partition coefficient (Wildman–Crippen LogP) is -0.197. The van der Waals surface area contributed by atoms with Crippen LogP contribution in [0.2, 0.25) is 0 Å². The number of rotatable bonds is 5. The van der Waals surface area contributed by atoms with E-state index in [2.05, 4.69) is 15.4 Å². The molecule has 1 amide bonds. The number of anilines is 1. The second-order valence-electron chi connectivity index (χ2n) is 4.51. The highest BCUT2D eigenvalue weighted by Gasteiger charge is 2.28. The van der Waals surface area contributed by atoms with Gasteiger partial charge in [-0.25, -0.2) is 13.1 Å². The second-order valence-corrected chi connectivity index (χ2v) is 6.23. The Balaban J connectivity index is 2.29. The van der Waals surface area contributed by atoms with Crippen LogP contribution in [0, 0.1) is 10.1 Å². The van der Waals surface area contributed by atoms with E-state index in [0.29, 0.717) is 0 Å². The number of amides is 1. The van der Waals surface area contributed by atoms with Crippen molar-refractivity contribution in [1.29, 1.82) is 0 Å². The van der Waals surface area contributed by atoms with Crippen molar-refractivity contribution in [3.63, 3.8) is 0 Å². The lowest BCUT2D eigenvalue weighted by Crippen LogP contribution is -2.36. The fourth-order valence-corrected chi connectivity index (χ4v) is 3.27. The number of nitro benzene ring substituents is 1. The van der Waals surface area contributed by atoms with E-state index in [1.54, 1.807) is 0 Å². The normalized spacial score (nSPS) is 18.3. The molecule has 1 aliphatic rings. The van der Waals surface area contributed by atoms with Gasteiger partial charge in [-0.05, 0) is 12.1 Å². The summed E-state index contributed by atoms with van der Waals surface area (Å²) in [5.41, 5.74) is -0.113. The van der Waals surface area contributed by atoms with E-state index in [9.17, 15) is 23.3 Å². The first-order valence-electron chi connectivity index (χ1n) is 6.08. The van der Waals surface area contributed by atoms with Crippen LogP contribution in [0.3, 0.4) is 0 Å². The van der Waals surface area contributed by atoms with Crippen molar-refractivity contribution in [2.75, 3.05) is 18.9 Å². The Bertz CT molecular complexity index is 688. The average molecular weight is 314 g/mol. The minimum Gasteiger partial charge on any atom is -0.383 e. The Morgan fingerprint density at radius 1 is 1.43 bits per heavy atom.